The topological polar surface area (TPSA) is 58.4 Å². The van der Waals surface area contributed by atoms with E-state index < -0.39 is 0 Å². The number of amides is 1. The molecule has 0 bridgehead atoms. The lowest BCUT2D eigenvalue weighted by Gasteiger charge is -2.34. The van der Waals surface area contributed by atoms with Crippen molar-refractivity contribution in [1.29, 1.82) is 0 Å². The number of piperazine rings is 1. The van der Waals surface area contributed by atoms with Crippen LogP contribution in [0, 0.1) is 0 Å². The number of nitrogens with one attached hydrogen (secondary N) is 1. The first-order valence-corrected chi connectivity index (χ1v) is 6.01. The van der Waals surface area contributed by atoms with Gasteiger partial charge >= 0.3 is 0 Å². The summed E-state index contributed by atoms with van der Waals surface area (Å²) in [5.41, 5.74) is 7.37. The first-order chi connectivity index (χ1) is 8.16. The van der Waals surface area contributed by atoms with Gasteiger partial charge in [0.05, 0.1) is 6.42 Å². The molecule has 4 heteroatoms. The van der Waals surface area contributed by atoms with Crippen LogP contribution >= 0.6 is 0 Å². The Morgan fingerprint density at radius 3 is 2.82 bits per heavy atom. The number of nitrogens with zero attached hydrogens (tertiary/aromatic N) is 1. The second-order valence-corrected chi connectivity index (χ2v) is 4.56. The van der Waals surface area contributed by atoms with Crippen molar-refractivity contribution in [2.75, 3.05) is 25.4 Å². The van der Waals surface area contributed by atoms with Crippen molar-refractivity contribution in [3.63, 3.8) is 0 Å². The molecule has 0 aliphatic carbocycles. The summed E-state index contributed by atoms with van der Waals surface area (Å²) in [6.07, 6.45) is 0.463. The van der Waals surface area contributed by atoms with Gasteiger partial charge in [0.1, 0.15) is 0 Å². The Morgan fingerprint density at radius 1 is 1.47 bits per heavy atom. The molecule has 1 fully saturated rings. The molecule has 0 spiro atoms. The van der Waals surface area contributed by atoms with E-state index in [0.29, 0.717) is 6.42 Å². The minimum atomic E-state index is 0.198. The van der Waals surface area contributed by atoms with Crippen molar-refractivity contribution in [3.8, 4) is 0 Å². The zero-order chi connectivity index (χ0) is 12.3. The number of nitrogen functional groups attached to an aromatic ring is 1. The molecular formula is C13H19N3O. The lowest BCUT2D eigenvalue weighted by molar-refractivity contribution is -0.133. The summed E-state index contributed by atoms with van der Waals surface area (Å²) in [5, 5.41) is 3.28. The van der Waals surface area contributed by atoms with Gasteiger partial charge < -0.3 is 16.0 Å². The Bertz CT molecular complexity index is 388. The van der Waals surface area contributed by atoms with E-state index in [1.807, 2.05) is 29.2 Å². The van der Waals surface area contributed by atoms with Crippen LogP contribution < -0.4 is 11.1 Å². The summed E-state index contributed by atoms with van der Waals surface area (Å²) in [7, 11) is 0. The number of nitrogens with two attached hydrogens (primary N) is 1. The highest BCUT2D eigenvalue weighted by Gasteiger charge is 2.22. The third-order valence-corrected chi connectivity index (χ3v) is 3.16. The molecule has 3 N–H and O–H groups in total. The number of hydrogen-bond acceptors (Lipinski definition) is 3. The molecule has 1 aliphatic rings. The van der Waals surface area contributed by atoms with Crippen molar-refractivity contribution in [2.45, 2.75) is 19.4 Å². The normalized spacial score (nSPS) is 20.3. The van der Waals surface area contributed by atoms with Crippen LogP contribution in [0.4, 0.5) is 5.69 Å². The van der Waals surface area contributed by atoms with E-state index in [2.05, 4.69) is 12.2 Å². The van der Waals surface area contributed by atoms with Crippen LogP contribution in [0.5, 0.6) is 0 Å². The molecular weight excluding hydrogens is 214 g/mol. The van der Waals surface area contributed by atoms with Gasteiger partial charge in [-0.1, -0.05) is 12.1 Å². The van der Waals surface area contributed by atoms with Crippen LogP contribution in [0.2, 0.25) is 0 Å². The number of anilines is 1. The average molecular weight is 233 g/mol. The molecule has 0 unspecified atom stereocenters. The molecule has 1 heterocycles. The molecule has 1 aromatic rings. The highest BCUT2D eigenvalue weighted by Crippen LogP contribution is 2.10. The molecule has 1 aromatic carbocycles. The lowest BCUT2D eigenvalue weighted by Crippen LogP contribution is -2.52. The van der Waals surface area contributed by atoms with E-state index in [0.717, 1.165) is 30.9 Å². The van der Waals surface area contributed by atoms with Gasteiger partial charge in [0.2, 0.25) is 5.91 Å². The summed E-state index contributed by atoms with van der Waals surface area (Å²) in [5.74, 6) is 0.198. The SMILES string of the molecule is C[C@@H]1CNCCN1C(=O)Cc1ccc(N)cc1. The molecule has 1 atom stereocenters. The molecule has 17 heavy (non-hydrogen) atoms. The number of carbonyl (C=O) groups is 1. The maximum atomic E-state index is 12.1. The molecule has 1 amide bonds. The zero-order valence-corrected chi connectivity index (χ0v) is 10.1. The second-order valence-electron chi connectivity index (χ2n) is 4.56. The van der Waals surface area contributed by atoms with E-state index in [9.17, 15) is 4.79 Å². The maximum Gasteiger partial charge on any atom is 0.227 e. The van der Waals surface area contributed by atoms with Crippen molar-refractivity contribution in [3.05, 3.63) is 29.8 Å². The standard InChI is InChI=1S/C13H19N3O/c1-10-9-15-6-7-16(10)13(17)8-11-2-4-12(14)5-3-11/h2-5,10,15H,6-9,14H2,1H3/t10-/m1/s1. The lowest BCUT2D eigenvalue weighted by atomic mass is 10.1. The van der Waals surface area contributed by atoms with E-state index in [1.54, 1.807) is 0 Å². The molecule has 1 aliphatic heterocycles. The molecule has 2 rings (SSSR count). The summed E-state index contributed by atoms with van der Waals surface area (Å²) in [6, 6.07) is 7.79. The fraction of sp³-hybridized carbons (Fsp3) is 0.462. The highest BCUT2D eigenvalue weighted by molar-refractivity contribution is 5.79. The Morgan fingerprint density at radius 2 is 2.18 bits per heavy atom. The van der Waals surface area contributed by atoms with Gasteiger partial charge in [-0.25, -0.2) is 0 Å². The first kappa shape index (κ1) is 11.9. The van der Waals surface area contributed by atoms with Crippen molar-refractivity contribution < 1.29 is 4.79 Å². The Hall–Kier alpha value is -1.55. The summed E-state index contributed by atoms with van der Waals surface area (Å²) < 4.78 is 0. The van der Waals surface area contributed by atoms with Crippen LogP contribution in [-0.4, -0.2) is 36.5 Å². The van der Waals surface area contributed by atoms with Crippen LogP contribution in [-0.2, 0) is 11.2 Å². The van der Waals surface area contributed by atoms with Gasteiger partial charge in [0.15, 0.2) is 0 Å². The highest BCUT2D eigenvalue weighted by atomic mass is 16.2. The fourth-order valence-corrected chi connectivity index (χ4v) is 2.12. The van der Waals surface area contributed by atoms with Gasteiger partial charge in [-0.2, -0.15) is 0 Å². The van der Waals surface area contributed by atoms with E-state index in [4.69, 9.17) is 5.73 Å². The third-order valence-electron chi connectivity index (χ3n) is 3.16. The van der Waals surface area contributed by atoms with Crippen LogP contribution in [0.15, 0.2) is 24.3 Å². The van der Waals surface area contributed by atoms with Gasteiger partial charge in [0, 0.05) is 31.4 Å². The number of hydrogen-bond donors (Lipinski definition) is 2. The first-order valence-electron chi connectivity index (χ1n) is 6.01. The quantitative estimate of drug-likeness (QED) is 0.737. The summed E-state index contributed by atoms with van der Waals surface area (Å²) in [6.45, 7) is 4.65. The summed E-state index contributed by atoms with van der Waals surface area (Å²) >= 11 is 0. The fourth-order valence-electron chi connectivity index (χ4n) is 2.12. The molecule has 0 radical (unpaired) electrons. The predicted octanol–water partition coefficient (Wildman–Crippen LogP) is 0.632. The number of rotatable bonds is 2. The number of carbonyl (C=O) groups excluding carboxylic acids is 1. The summed E-state index contributed by atoms with van der Waals surface area (Å²) in [4.78, 5) is 14.1. The second kappa shape index (κ2) is 5.19. The van der Waals surface area contributed by atoms with Crippen LogP contribution in [0.1, 0.15) is 12.5 Å². The molecule has 0 aromatic heterocycles. The van der Waals surface area contributed by atoms with Crippen LogP contribution in [0.25, 0.3) is 0 Å². The van der Waals surface area contributed by atoms with E-state index in [1.165, 1.54) is 0 Å². The number of benzene rings is 1. The van der Waals surface area contributed by atoms with Crippen molar-refractivity contribution >= 4 is 11.6 Å². The van der Waals surface area contributed by atoms with Gasteiger partial charge in [-0.15, -0.1) is 0 Å². The smallest absolute Gasteiger partial charge is 0.227 e. The largest absolute Gasteiger partial charge is 0.399 e. The Balaban J connectivity index is 1.98. The van der Waals surface area contributed by atoms with Crippen molar-refractivity contribution in [2.24, 2.45) is 0 Å². The van der Waals surface area contributed by atoms with Gasteiger partial charge in [-0.05, 0) is 24.6 Å². The third kappa shape index (κ3) is 2.97. The Labute approximate surface area is 102 Å². The minimum Gasteiger partial charge on any atom is -0.399 e. The molecule has 4 nitrogen and oxygen atoms in total. The van der Waals surface area contributed by atoms with Gasteiger partial charge in [-0.3, -0.25) is 4.79 Å². The maximum absolute atomic E-state index is 12.1. The molecule has 92 valence electrons. The Kier molecular flexibility index (Phi) is 3.64. The zero-order valence-electron chi connectivity index (χ0n) is 10.1. The van der Waals surface area contributed by atoms with E-state index >= 15 is 0 Å². The minimum absolute atomic E-state index is 0.198. The molecule has 1 saturated heterocycles. The monoisotopic (exact) mass is 233 g/mol. The van der Waals surface area contributed by atoms with E-state index in [-0.39, 0.29) is 11.9 Å². The predicted molar refractivity (Wildman–Crippen MR) is 68.6 cm³/mol. The van der Waals surface area contributed by atoms with Crippen molar-refractivity contribution in [1.82, 2.24) is 10.2 Å². The van der Waals surface area contributed by atoms with Gasteiger partial charge in [0.25, 0.3) is 0 Å². The molecule has 0 saturated carbocycles. The average Bonchev–Trinajstić information content (AvgIpc) is 2.32. The van der Waals surface area contributed by atoms with Crippen LogP contribution in [0.3, 0.4) is 0 Å².